The zero-order valence-electron chi connectivity index (χ0n) is 18.6. The molecule has 7 nitrogen and oxygen atoms in total. The van der Waals surface area contributed by atoms with Gasteiger partial charge < -0.3 is 0 Å². The number of nitriles is 1. The average molecular weight is 696 g/mol. The molecule has 0 saturated heterocycles. The van der Waals surface area contributed by atoms with Gasteiger partial charge in [0.1, 0.15) is 0 Å². The van der Waals surface area contributed by atoms with Crippen molar-refractivity contribution < 1.29 is 24.4 Å². The van der Waals surface area contributed by atoms with Crippen LogP contribution in [0.25, 0.3) is 15.0 Å². The number of fused-ring (bicyclic) bond motifs is 2. The molecule has 0 radical (unpaired) electrons. The fourth-order valence-electron chi connectivity index (χ4n) is 3.68. The first-order valence-electron chi connectivity index (χ1n) is 10.9. The van der Waals surface area contributed by atoms with Crippen molar-refractivity contribution in [3.05, 3.63) is 79.8 Å². The summed E-state index contributed by atoms with van der Waals surface area (Å²) in [5.74, 6) is -1.67. The molecule has 0 bridgehead atoms. The summed E-state index contributed by atoms with van der Waals surface area (Å²) < 4.78 is 6.74. The fraction of sp³-hybridized carbons (Fsp3) is 0.154. The maximum absolute atomic E-state index is 11.2. The molecule has 0 amide bonds. The van der Waals surface area contributed by atoms with Crippen LogP contribution in [0.5, 0.6) is 0 Å². The third-order valence-corrected chi connectivity index (χ3v) is 11.8. The van der Waals surface area contributed by atoms with Gasteiger partial charge in [0.2, 0.25) is 0 Å². The number of anilines is 1. The van der Waals surface area contributed by atoms with Gasteiger partial charge in [-0.3, -0.25) is 0 Å². The number of carbonyl (C=O) groups is 2. The predicted molar refractivity (Wildman–Crippen MR) is 136 cm³/mol. The van der Waals surface area contributed by atoms with Gasteiger partial charge in [-0.25, -0.2) is 0 Å². The number of rotatable bonds is 9. The molecule has 0 unspecified atom stereocenters. The Morgan fingerprint density at radius 3 is 2.57 bits per heavy atom. The Labute approximate surface area is 222 Å². The van der Waals surface area contributed by atoms with E-state index in [2.05, 4.69) is 27.7 Å². The van der Waals surface area contributed by atoms with Gasteiger partial charge in [-0.15, -0.1) is 0 Å². The summed E-state index contributed by atoms with van der Waals surface area (Å²) >= 11 is -1.36. The summed E-state index contributed by atoms with van der Waals surface area (Å²) in [6.45, 7) is 0.795. The summed E-state index contributed by atoms with van der Waals surface area (Å²) in [5.41, 5.74) is 2.61. The fourth-order valence-corrected chi connectivity index (χ4v) is 9.91. The quantitative estimate of drug-likeness (QED) is 0.154. The van der Waals surface area contributed by atoms with Gasteiger partial charge in [0.25, 0.3) is 0 Å². The Bertz CT molecular complexity index is 1420. The number of aromatic nitrogens is 1. The van der Waals surface area contributed by atoms with Crippen molar-refractivity contribution in [2.75, 3.05) is 11.4 Å². The van der Waals surface area contributed by atoms with Crippen molar-refractivity contribution in [2.24, 2.45) is 0 Å². The minimum atomic E-state index is -0.837. The SMILES string of the molecule is N#CC(=C\C=C1/[Te]c2ccccc2N1CCC(=O)O)/C=C/c1[te]c2ccccc2[n+]1CCC(=O)O. The molecule has 2 aromatic carbocycles. The van der Waals surface area contributed by atoms with E-state index in [-0.39, 0.29) is 12.8 Å². The first-order valence-corrected chi connectivity index (χ1v) is 15.5. The van der Waals surface area contributed by atoms with Crippen LogP contribution in [-0.2, 0) is 16.1 Å². The molecule has 4 rings (SSSR count). The summed E-state index contributed by atoms with van der Waals surface area (Å²) in [7, 11) is 0. The Balaban J connectivity index is 1.61. The van der Waals surface area contributed by atoms with Gasteiger partial charge in [-0.05, 0) is 0 Å². The second kappa shape index (κ2) is 11.7. The van der Waals surface area contributed by atoms with Crippen LogP contribution in [0.4, 0.5) is 5.69 Å². The Morgan fingerprint density at radius 2 is 1.80 bits per heavy atom. The molecule has 0 spiro atoms. The van der Waals surface area contributed by atoms with E-state index in [9.17, 15) is 14.9 Å². The third kappa shape index (κ3) is 6.23. The number of benzene rings is 2. The second-order valence-electron chi connectivity index (χ2n) is 7.64. The molecule has 0 saturated carbocycles. The standard InChI is InChI=1S/C26H21N3O4Te2/c27-17-18(9-11-23-28(15-13-25(30)31)19-5-1-3-7-21(19)34-23)10-12-24-29(16-14-26(32)33)20-6-2-4-8-22(20)35-24/h1-12H,13-16H2,(H-,30,31,32,33)/p+1. The zero-order valence-corrected chi connectivity index (χ0v) is 23.3. The summed E-state index contributed by atoms with van der Waals surface area (Å²) in [4.78, 5) is 24.4. The van der Waals surface area contributed by atoms with Crippen LogP contribution in [0.2, 0.25) is 0 Å². The van der Waals surface area contributed by atoms with Crippen LogP contribution in [0.3, 0.4) is 0 Å². The van der Waals surface area contributed by atoms with E-state index < -0.39 is 53.3 Å². The number of allylic oxidation sites excluding steroid dienone is 4. The average Bonchev–Trinajstić information content (AvgIpc) is 3.38. The summed E-state index contributed by atoms with van der Waals surface area (Å²) in [5, 5.41) is 28.1. The molecule has 2 heterocycles. The molecule has 1 aromatic heterocycles. The molecule has 3 aromatic rings. The number of hydrogen-bond acceptors (Lipinski definition) is 4. The molecule has 2 N–H and O–H groups in total. The van der Waals surface area contributed by atoms with E-state index in [1.807, 2.05) is 48.6 Å². The number of nitrogens with zero attached hydrogens (tertiary/aromatic N) is 3. The number of aliphatic carboxylic acids is 2. The van der Waals surface area contributed by atoms with Crippen molar-refractivity contribution in [3.8, 4) is 6.07 Å². The molecule has 9 heteroatoms. The molecule has 1 aliphatic rings. The van der Waals surface area contributed by atoms with Gasteiger partial charge in [-0.1, -0.05) is 0 Å². The molecule has 176 valence electrons. The first kappa shape index (κ1) is 25.2. The topological polar surface area (TPSA) is 106 Å². The Morgan fingerprint density at radius 1 is 1.06 bits per heavy atom. The predicted octanol–water partition coefficient (Wildman–Crippen LogP) is 2.29. The minimum absolute atomic E-state index is 0.0444. The van der Waals surface area contributed by atoms with E-state index in [1.165, 1.54) is 7.01 Å². The van der Waals surface area contributed by atoms with E-state index in [4.69, 9.17) is 10.2 Å². The van der Waals surface area contributed by atoms with Crippen molar-refractivity contribution in [1.82, 2.24) is 0 Å². The molecule has 0 fully saturated rings. The van der Waals surface area contributed by atoms with Crippen LogP contribution in [0.1, 0.15) is 16.6 Å². The van der Waals surface area contributed by atoms with Gasteiger partial charge in [0, 0.05) is 0 Å². The first-order chi connectivity index (χ1) is 17.0. The number of hydrogen-bond donors (Lipinski definition) is 2. The Kier molecular flexibility index (Phi) is 8.45. The number of carboxylic acids is 2. The van der Waals surface area contributed by atoms with Gasteiger partial charge in [0.05, 0.1) is 0 Å². The number of para-hydroxylation sites is 2. The van der Waals surface area contributed by atoms with Gasteiger partial charge in [-0.2, -0.15) is 0 Å². The molecule has 0 aliphatic carbocycles. The van der Waals surface area contributed by atoms with Crippen LogP contribution in [-0.4, -0.2) is 70.1 Å². The maximum atomic E-state index is 11.2. The number of aryl methyl sites for hydroxylation is 1. The molecular formula is C26H22N3O4Te2+. The van der Waals surface area contributed by atoms with Crippen molar-refractivity contribution >= 4 is 77.6 Å². The summed E-state index contributed by atoms with van der Waals surface area (Å²) in [6, 6.07) is 18.4. The second-order valence-corrected chi connectivity index (χ2v) is 13.7. The van der Waals surface area contributed by atoms with Crippen LogP contribution in [0, 0.1) is 11.3 Å². The molecule has 0 atom stereocenters. The van der Waals surface area contributed by atoms with Crippen LogP contribution < -0.4 is 13.1 Å². The normalized spacial score (nSPS) is 14.5. The van der Waals surface area contributed by atoms with E-state index in [0.29, 0.717) is 18.7 Å². The monoisotopic (exact) mass is 700 g/mol. The summed E-state index contributed by atoms with van der Waals surface area (Å²) in [6.07, 6.45) is 7.56. The van der Waals surface area contributed by atoms with Crippen LogP contribution in [0.15, 0.2) is 76.1 Å². The van der Waals surface area contributed by atoms with E-state index >= 15 is 0 Å². The number of carboxylic acid groups (broad SMARTS) is 2. The molecule has 35 heavy (non-hydrogen) atoms. The van der Waals surface area contributed by atoms with Gasteiger partial charge >= 0.3 is 224 Å². The van der Waals surface area contributed by atoms with Crippen molar-refractivity contribution in [1.29, 1.82) is 5.26 Å². The van der Waals surface area contributed by atoms with Gasteiger partial charge in [0.15, 0.2) is 0 Å². The third-order valence-electron chi connectivity index (χ3n) is 5.31. The van der Waals surface area contributed by atoms with E-state index in [0.717, 1.165) is 18.7 Å². The molecule has 1 aliphatic heterocycles. The zero-order chi connectivity index (χ0) is 24.8. The van der Waals surface area contributed by atoms with Crippen molar-refractivity contribution in [2.45, 2.75) is 19.4 Å². The Hall–Kier alpha value is -2.86. The van der Waals surface area contributed by atoms with E-state index in [1.54, 1.807) is 12.2 Å². The van der Waals surface area contributed by atoms with Crippen LogP contribution >= 0.6 is 0 Å². The van der Waals surface area contributed by atoms with Crippen molar-refractivity contribution in [3.63, 3.8) is 0 Å². The molecular weight excluding hydrogens is 674 g/mol.